The Bertz CT molecular complexity index is 956. The van der Waals surface area contributed by atoms with E-state index in [2.05, 4.69) is 11.9 Å². The van der Waals surface area contributed by atoms with Crippen molar-refractivity contribution >= 4 is 23.8 Å². The Labute approximate surface area is 169 Å². The van der Waals surface area contributed by atoms with Gasteiger partial charge in [-0.05, 0) is 67.4 Å². The molecule has 1 saturated heterocycles. The van der Waals surface area contributed by atoms with E-state index in [0.717, 1.165) is 29.7 Å². The van der Waals surface area contributed by atoms with Crippen LogP contribution in [0.15, 0.2) is 48.8 Å². The predicted octanol–water partition coefficient (Wildman–Crippen LogP) is 3.39. The molecule has 3 aromatic rings. The van der Waals surface area contributed by atoms with Crippen molar-refractivity contribution in [3.8, 4) is 17.1 Å². The van der Waals surface area contributed by atoms with Crippen LogP contribution in [-0.4, -0.2) is 32.4 Å². The van der Waals surface area contributed by atoms with E-state index >= 15 is 0 Å². The zero-order valence-corrected chi connectivity index (χ0v) is 16.9. The number of nitrogens with zero attached hydrogens (tertiary/aromatic N) is 4. The molecule has 0 amide bonds. The van der Waals surface area contributed by atoms with E-state index in [1.807, 2.05) is 45.6 Å². The fraction of sp³-hybridized carbons (Fsp3) is 0.350. The smallest absolute Gasteiger partial charge is 0.207 e. The largest absolute Gasteiger partial charge is 0.316 e. The maximum Gasteiger partial charge on any atom is 0.207 e. The second-order valence-electron chi connectivity index (χ2n) is 7.24. The Morgan fingerprint density at radius 3 is 2.44 bits per heavy atom. The molecule has 0 spiro atoms. The molecule has 2 aromatic heterocycles. The second-order valence-corrected chi connectivity index (χ2v) is 8.05. The molecule has 0 radical (unpaired) electrons. The lowest BCUT2D eigenvalue weighted by Crippen LogP contribution is -3.12. The topological polar surface area (TPSA) is 40.1 Å². The van der Waals surface area contributed by atoms with Crippen LogP contribution in [0.25, 0.3) is 17.1 Å². The quantitative estimate of drug-likeness (QED) is 0.682. The molecule has 1 aromatic carbocycles. The molecule has 140 valence electrons. The molecule has 1 N–H and O–H groups in total. The monoisotopic (exact) mass is 400 g/mol. The van der Waals surface area contributed by atoms with Gasteiger partial charge in [-0.1, -0.05) is 18.5 Å². The van der Waals surface area contributed by atoms with Gasteiger partial charge in [0.2, 0.25) is 4.77 Å². The molecule has 7 heteroatoms. The molecule has 0 saturated carbocycles. The normalized spacial score (nSPS) is 19.9. The minimum atomic E-state index is 0.704. The number of benzene rings is 1. The van der Waals surface area contributed by atoms with E-state index in [1.165, 1.54) is 30.8 Å². The van der Waals surface area contributed by atoms with Crippen LogP contribution < -0.4 is 4.90 Å². The first-order chi connectivity index (χ1) is 13.1. The lowest BCUT2D eigenvalue weighted by Gasteiger charge is -2.26. The van der Waals surface area contributed by atoms with Crippen LogP contribution in [0.1, 0.15) is 19.8 Å². The number of halogens is 1. The maximum atomic E-state index is 6.07. The molecular weight excluding hydrogens is 378 g/mol. The van der Waals surface area contributed by atoms with Gasteiger partial charge in [0.25, 0.3) is 0 Å². The number of pyridine rings is 1. The third-order valence-electron chi connectivity index (χ3n) is 5.22. The predicted molar refractivity (Wildman–Crippen MR) is 110 cm³/mol. The first kappa shape index (κ1) is 18.3. The van der Waals surface area contributed by atoms with Gasteiger partial charge in [-0.25, -0.2) is 0 Å². The highest BCUT2D eigenvalue weighted by Crippen LogP contribution is 2.23. The van der Waals surface area contributed by atoms with Crippen molar-refractivity contribution in [3.05, 3.63) is 58.6 Å². The Morgan fingerprint density at radius 2 is 1.78 bits per heavy atom. The Morgan fingerprint density at radius 1 is 1.11 bits per heavy atom. The number of nitrogens with one attached hydrogen (secondary N) is 1. The van der Waals surface area contributed by atoms with Gasteiger partial charge in [-0.3, -0.25) is 9.55 Å². The lowest BCUT2D eigenvalue weighted by atomic mass is 10.00. The summed E-state index contributed by atoms with van der Waals surface area (Å²) in [7, 11) is 0. The molecule has 1 fully saturated rings. The summed E-state index contributed by atoms with van der Waals surface area (Å²) in [6, 6.07) is 11.6. The molecule has 3 heterocycles. The molecule has 5 nitrogen and oxygen atoms in total. The van der Waals surface area contributed by atoms with Gasteiger partial charge >= 0.3 is 0 Å². The van der Waals surface area contributed by atoms with Crippen LogP contribution in [-0.2, 0) is 6.67 Å². The van der Waals surface area contributed by atoms with E-state index in [-0.39, 0.29) is 0 Å². The van der Waals surface area contributed by atoms with Gasteiger partial charge in [0.1, 0.15) is 0 Å². The fourth-order valence-corrected chi connectivity index (χ4v) is 3.99. The average Bonchev–Trinajstić information content (AvgIpc) is 3.01. The molecule has 0 unspecified atom stereocenters. The number of aromatic nitrogens is 4. The molecule has 1 aliphatic rings. The molecule has 0 aliphatic carbocycles. The third kappa shape index (κ3) is 3.98. The summed E-state index contributed by atoms with van der Waals surface area (Å²) < 4.78 is 4.69. The Kier molecular flexibility index (Phi) is 5.38. The highest BCUT2D eigenvalue weighted by molar-refractivity contribution is 7.71. The second kappa shape index (κ2) is 7.92. The average molecular weight is 401 g/mol. The zero-order chi connectivity index (χ0) is 18.8. The van der Waals surface area contributed by atoms with Gasteiger partial charge in [0.15, 0.2) is 12.5 Å². The molecule has 4 rings (SSSR count). The Balaban J connectivity index is 1.75. The summed E-state index contributed by atoms with van der Waals surface area (Å²) in [5, 5.41) is 5.59. The summed E-state index contributed by atoms with van der Waals surface area (Å²) in [4.78, 5) is 5.66. The number of hydrogen-bond acceptors (Lipinski definition) is 3. The van der Waals surface area contributed by atoms with Crippen LogP contribution in [0.2, 0.25) is 5.02 Å². The Hall–Kier alpha value is -2.02. The van der Waals surface area contributed by atoms with Crippen LogP contribution in [0.5, 0.6) is 0 Å². The number of piperidine rings is 1. The summed E-state index contributed by atoms with van der Waals surface area (Å²) in [6.07, 6.45) is 6.08. The van der Waals surface area contributed by atoms with E-state index in [4.69, 9.17) is 28.9 Å². The van der Waals surface area contributed by atoms with Crippen LogP contribution in [0.4, 0.5) is 0 Å². The van der Waals surface area contributed by atoms with Crippen molar-refractivity contribution in [3.63, 3.8) is 0 Å². The number of quaternary nitrogens is 1. The van der Waals surface area contributed by atoms with Gasteiger partial charge in [0.05, 0.1) is 18.8 Å². The van der Waals surface area contributed by atoms with Gasteiger partial charge in [-0.15, -0.1) is 5.10 Å². The van der Waals surface area contributed by atoms with Crippen LogP contribution in [0, 0.1) is 10.7 Å². The minimum Gasteiger partial charge on any atom is -0.316 e. The third-order valence-corrected chi connectivity index (χ3v) is 5.86. The molecular formula is C20H23ClN5S+. The first-order valence-corrected chi connectivity index (χ1v) is 10.1. The van der Waals surface area contributed by atoms with Gasteiger partial charge in [-0.2, -0.15) is 4.68 Å². The SMILES string of the molecule is CC1CC[NH+](Cn2nc(-c3ccncc3)n(-c3ccc(Cl)cc3)c2=S)CC1. The van der Waals surface area contributed by atoms with Crippen molar-refractivity contribution in [2.24, 2.45) is 5.92 Å². The minimum absolute atomic E-state index is 0.704. The number of hydrogen-bond donors (Lipinski definition) is 1. The van der Waals surface area contributed by atoms with Gasteiger partial charge < -0.3 is 4.90 Å². The maximum absolute atomic E-state index is 6.07. The fourth-order valence-electron chi connectivity index (χ4n) is 3.56. The highest BCUT2D eigenvalue weighted by atomic mass is 35.5. The summed E-state index contributed by atoms with van der Waals surface area (Å²) in [6.45, 7) is 5.46. The molecule has 0 atom stereocenters. The van der Waals surface area contributed by atoms with E-state index in [1.54, 1.807) is 12.4 Å². The van der Waals surface area contributed by atoms with Gasteiger partial charge in [0, 0.05) is 23.0 Å². The number of rotatable bonds is 4. The van der Waals surface area contributed by atoms with Crippen LogP contribution >= 0.6 is 23.8 Å². The van der Waals surface area contributed by atoms with Crippen molar-refractivity contribution in [2.75, 3.05) is 13.1 Å². The van der Waals surface area contributed by atoms with Crippen molar-refractivity contribution in [1.29, 1.82) is 0 Å². The van der Waals surface area contributed by atoms with Crippen LogP contribution in [0.3, 0.4) is 0 Å². The van der Waals surface area contributed by atoms with E-state index < -0.39 is 0 Å². The summed E-state index contributed by atoms with van der Waals surface area (Å²) >= 11 is 11.9. The molecule has 1 aliphatic heterocycles. The molecule has 0 bridgehead atoms. The lowest BCUT2D eigenvalue weighted by molar-refractivity contribution is -0.929. The standard InChI is InChI=1S/C20H22ClN5S/c1-15-8-12-24(13-9-15)14-25-20(27)26(18-4-2-17(21)3-5-18)19(23-25)16-6-10-22-11-7-16/h2-7,10-11,15H,8-9,12-14H2,1H3/p+1. The number of likely N-dealkylation sites (tertiary alicyclic amines) is 1. The van der Waals surface area contributed by atoms with Crippen molar-refractivity contribution < 1.29 is 4.90 Å². The highest BCUT2D eigenvalue weighted by Gasteiger charge is 2.22. The first-order valence-electron chi connectivity index (χ1n) is 9.31. The van der Waals surface area contributed by atoms with Crippen molar-refractivity contribution in [1.82, 2.24) is 19.3 Å². The summed E-state index contributed by atoms with van der Waals surface area (Å²) in [5.41, 5.74) is 1.96. The van der Waals surface area contributed by atoms with E-state index in [0.29, 0.717) is 9.79 Å². The summed E-state index contributed by atoms with van der Waals surface area (Å²) in [5.74, 6) is 1.65. The molecule has 27 heavy (non-hydrogen) atoms. The van der Waals surface area contributed by atoms with E-state index in [9.17, 15) is 0 Å². The zero-order valence-electron chi connectivity index (χ0n) is 15.3. The van der Waals surface area contributed by atoms with Crippen molar-refractivity contribution in [2.45, 2.75) is 26.4 Å².